The van der Waals surface area contributed by atoms with E-state index in [1.54, 1.807) is 20.8 Å². The highest BCUT2D eigenvalue weighted by molar-refractivity contribution is 6.28. The number of hydrogen-bond donors (Lipinski definition) is 2. The Labute approximate surface area is 187 Å². The van der Waals surface area contributed by atoms with Crippen LogP contribution in [-0.2, 0) is 19.1 Å². The van der Waals surface area contributed by atoms with Gasteiger partial charge >= 0.3 is 5.97 Å². The first kappa shape index (κ1) is 20.8. The number of ether oxygens (including phenoxy) is 1. The smallest absolute Gasteiger partial charge is 0.306 e. The van der Waals surface area contributed by atoms with E-state index >= 15 is 0 Å². The maximum absolute atomic E-state index is 12.6. The maximum atomic E-state index is 12.6. The van der Waals surface area contributed by atoms with Crippen molar-refractivity contribution in [3.63, 3.8) is 0 Å². The second-order valence-corrected chi connectivity index (χ2v) is 8.11. The van der Waals surface area contributed by atoms with Gasteiger partial charge in [-0.1, -0.05) is 18.9 Å². The molecule has 0 fully saturated rings. The van der Waals surface area contributed by atoms with Gasteiger partial charge in [-0.05, 0) is 51.8 Å². The minimum Gasteiger partial charge on any atom is -0.460 e. The van der Waals surface area contributed by atoms with Crippen LogP contribution in [0.4, 0.5) is 5.69 Å². The molecular formula is C22H31ClN2O5. The van der Waals surface area contributed by atoms with Crippen LogP contribution in [0.15, 0.2) is 24.3 Å². The highest BCUT2D eigenvalue weighted by Crippen LogP contribution is 2.14. The highest BCUT2D eigenvalue weighted by Gasteiger charge is 2.21. The lowest BCUT2D eigenvalue weighted by Gasteiger charge is -2.19. The van der Waals surface area contributed by atoms with E-state index < -0.39 is 30.3 Å². The van der Waals surface area contributed by atoms with Gasteiger partial charge in [-0.2, -0.15) is 0 Å². The van der Waals surface area contributed by atoms with Crippen LogP contribution in [0.2, 0.25) is 0 Å². The van der Waals surface area contributed by atoms with Crippen LogP contribution in [0.5, 0.6) is 0 Å². The molecule has 0 heterocycles. The van der Waals surface area contributed by atoms with Crippen LogP contribution >= 0.6 is 11.6 Å². The van der Waals surface area contributed by atoms with Crippen molar-refractivity contribution in [1.29, 1.82) is 0 Å². The number of amides is 2. The number of halogens is 1. The van der Waals surface area contributed by atoms with Crippen molar-refractivity contribution < 1.29 is 28.0 Å². The zero-order chi connectivity index (χ0) is 25.2. The molecule has 1 aromatic carbocycles. The van der Waals surface area contributed by atoms with E-state index in [0.717, 1.165) is 0 Å². The van der Waals surface area contributed by atoms with Crippen LogP contribution in [0, 0.1) is 0 Å². The Balaban J connectivity index is 2.64. The lowest BCUT2D eigenvalue weighted by atomic mass is 10.0. The van der Waals surface area contributed by atoms with E-state index in [-0.39, 0.29) is 35.3 Å². The molecule has 0 aliphatic rings. The van der Waals surface area contributed by atoms with Gasteiger partial charge in [0.1, 0.15) is 5.60 Å². The van der Waals surface area contributed by atoms with Crippen molar-refractivity contribution >= 4 is 40.9 Å². The van der Waals surface area contributed by atoms with Gasteiger partial charge in [-0.25, -0.2) is 0 Å². The van der Waals surface area contributed by atoms with Crippen LogP contribution in [0.1, 0.15) is 74.2 Å². The molecule has 0 aliphatic heterocycles. The monoisotopic (exact) mass is 441 g/mol. The number of benzene rings is 1. The molecule has 0 bridgehead atoms. The Morgan fingerprint density at radius 1 is 1.17 bits per heavy atom. The molecule has 0 saturated carbocycles. The van der Waals surface area contributed by atoms with Gasteiger partial charge in [0.2, 0.25) is 5.91 Å². The van der Waals surface area contributed by atoms with Gasteiger partial charge in [-0.3, -0.25) is 19.2 Å². The number of Topliss-reactive ketones (excluding diaryl/α,β-unsaturated/α-hetero) is 1. The highest BCUT2D eigenvalue weighted by atomic mass is 35.5. The van der Waals surface area contributed by atoms with Crippen molar-refractivity contribution in [2.24, 2.45) is 0 Å². The minimum atomic E-state index is -2.82. The largest absolute Gasteiger partial charge is 0.460 e. The fourth-order valence-electron chi connectivity index (χ4n) is 2.70. The standard InChI is InChI=1S/C22H31ClN2O5/c1-15(26)24-17-10-8-9-16(13-17)21(29)25-18(19(27)14-23)11-6-5-7-12-20(28)30-22(2,3)4/h8-10,13,18H,5-7,11-12,14H2,1-4H3,(H,24,26)(H,25,29)/t18-/m1/s1/i1D3. The summed E-state index contributed by atoms with van der Waals surface area (Å²) in [5.41, 5.74) is -0.242. The third kappa shape index (κ3) is 10.4. The van der Waals surface area contributed by atoms with E-state index in [1.807, 2.05) is 0 Å². The molecule has 2 N–H and O–H groups in total. The van der Waals surface area contributed by atoms with Crippen molar-refractivity contribution in [3.8, 4) is 0 Å². The molecule has 1 atom stereocenters. The number of esters is 1. The molecule has 0 spiro atoms. The molecule has 30 heavy (non-hydrogen) atoms. The number of ketones is 1. The first-order valence-corrected chi connectivity index (χ1v) is 10.3. The molecule has 2 amide bonds. The Morgan fingerprint density at radius 3 is 2.53 bits per heavy atom. The lowest BCUT2D eigenvalue weighted by molar-refractivity contribution is -0.155. The second kappa shape index (κ2) is 12.3. The molecule has 0 saturated heterocycles. The topological polar surface area (TPSA) is 102 Å². The van der Waals surface area contributed by atoms with E-state index in [9.17, 15) is 19.2 Å². The Hall–Kier alpha value is -2.41. The normalized spacial score (nSPS) is 13.9. The zero-order valence-electron chi connectivity index (χ0n) is 20.5. The average Bonchev–Trinajstić information content (AvgIpc) is 2.70. The van der Waals surface area contributed by atoms with Crippen molar-refractivity contribution in [3.05, 3.63) is 29.8 Å². The number of nitrogens with one attached hydrogen (secondary N) is 2. The van der Waals surface area contributed by atoms with E-state index in [0.29, 0.717) is 25.7 Å². The fraction of sp³-hybridized carbons (Fsp3) is 0.545. The molecular weight excluding hydrogens is 408 g/mol. The SMILES string of the molecule is [2H]C([2H])([2H])C(=O)Nc1cccc(C(=O)N[C@H](CCCCCC(=O)OC(C)(C)C)C(=O)CCl)c1. The summed E-state index contributed by atoms with van der Waals surface area (Å²) in [6.45, 7) is 2.58. The van der Waals surface area contributed by atoms with Gasteiger partial charge in [0.15, 0.2) is 5.78 Å². The molecule has 0 aliphatic carbocycles. The first-order chi connectivity index (χ1) is 15.2. The minimum absolute atomic E-state index is 0.145. The van der Waals surface area contributed by atoms with Crippen LogP contribution in [0.3, 0.4) is 0 Å². The third-order valence-corrected chi connectivity index (χ3v) is 4.27. The summed E-state index contributed by atoms with van der Waals surface area (Å²) in [5.74, 6) is -2.62. The number of rotatable bonds is 11. The number of carbonyl (C=O) groups is 4. The molecule has 0 aromatic heterocycles. The van der Waals surface area contributed by atoms with Crippen LogP contribution < -0.4 is 10.6 Å². The maximum Gasteiger partial charge on any atom is 0.306 e. The molecule has 0 unspecified atom stereocenters. The van der Waals surface area contributed by atoms with Crippen molar-refractivity contribution in [1.82, 2.24) is 5.32 Å². The fourth-order valence-corrected chi connectivity index (χ4v) is 2.89. The van der Waals surface area contributed by atoms with Crippen LogP contribution in [0.25, 0.3) is 0 Å². The average molecular weight is 442 g/mol. The number of carbonyl (C=O) groups excluding carboxylic acids is 4. The predicted octanol–water partition coefficient (Wildman–Crippen LogP) is 3.84. The summed E-state index contributed by atoms with van der Waals surface area (Å²) >= 11 is 5.68. The van der Waals surface area contributed by atoms with Crippen LogP contribution in [-0.4, -0.2) is 41.1 Å². The molecule has 7 nitrogen and oxygen atoms in total. The van der Waals surface area contributed by atoms with Crippen molar-refractivity contribution in [2.45, 2.75) is 71.4 Å². The summed E-state index contributed by atoms with van der Waals surface area (Å²) in [7, 11) is 0. The van der Waals surface area contributed by atoms with E-state index in [1.165, 1.54) is 24.3 Å². The molecule has 8 heteroatoms. The lowest BCUT2D eigenvalue weighted by Crippen LogP contribution is -2.41. The van der Waals surface area contributed by atoms with Gasteiger partial charge in [-0.15, -0.1) is 11.6 Å². The van der Waals surface area contributed by atoms with Crippen molar-refractivity contribution in [2.75, 3.05) is 11.2 Å². The first-order valence-electron chi connectivity index (χ1n) is 11.3. The van der Waals surface area contributed by atoms with Gasteiger partial charge in [0, 0.05) is 28.6 Å². The zero-order valence-corrected chi connectivity index (χ0v) is 18.3. The molecule has 0 radical (unpaired) electrons. The van der Waals surface area contributed by atoms with E-state index in [4.69, 9.17) is 20.5 Å². The number of anilines is 1. The summed E-state index contributed by atoms with van der Waals surface area (Å²) < 4.78 is 26.6. The Morgan fingerprint density at radius 2 is 1.90 bits per heavy atom. The van der Waals surface area contributed by atoms with Gasteiger partial charge < -0.3 is 15.4 Å². The summed E-state index contributed by atoms with van der Waals surface area (Å²) in [5, 5.41) is 4.87. The quantitative estimate of drug-likeness (QED) is 0.308. The Kier molecular flexibility index (Phi) is 8.56. The molecule has 1 aromatic rings. The van der Waals surface area contributed by atoms with E-state index in [2.05, 4.69) is 10.6 Å². The number of unbranched alkanes of at least 4 members (excludes halogenated alkanes) is 2. The van der Waals surface area contributed by atoms with Gasteiger partial charge in [0.25, 0.3) is 5.91 Å². The second-order valence-electron chi connectivity index (χ2n) is 7.85. The number of hydrogen-bond acceptors (Lipinski definition) is 5. The van der Waals surface area contributed by atoms with Gasteiger partial charge in [0.05, 0.1) is 11.9 Å². The predicted molar refractivity (Wildman–Crippen MR) is 117 cm³/mol. The number of alkyl halides is 1. The summed E-state index contributed by atoms with van der Waals surface area (Å²) in [6.07, 6.45) is 2.46. The molecule has 166 valence electrons. The summed E-state index contributed by atoms with van der Waals surface area (Å²) in [6, 6.07) is 4.92. The third-order valence-electron chi connectivity index (χ3n) is 4.00. The summed E-state index contributed by atoms with van der Waals surface area (Å²) in [4.78, 5) is 48.2. The molecule has 1 rings (SSSR count). The Bertz CT molecular complexity index is 853.